The zero-order chi connectivity index (χ0) is 15.8. The van der Waals surface area contributed by atoms with Crippen molar-refractivity contribution in [2.75, 3.05) is 20.3 Å². The van der Waals surface area contributed by atoms with Crippen LogP contribution in [0, 0.1) is 5.92 Å². The van der Waals surface area contributed by atoms with Crippen LogP contribution in [0.2, 0.25) is 0 Å². The van der Waals surface area contributed by atoms with Crippen LogP contribution in [-0.4, -0.2) is 43.0 Å². The highest BCUT2D eigenvalue weighted by Gasteiger charge is 2.38. The molecule has 0 spiro atoms. The van der Waals surface area contributed by atoms with E-state index in [9.17, 15) is 4.79 Å². The van der Waals surface area contributed by atoms with E-state index in [1.54, 1.807) is 0 Å². The molecule has 3 heterocycles. The van der Waals surface area contributed by atoms with Crippen LogP contribution in [-0.2, 0) is 9.47 Å². The van der Waals surface area contributed by atoms with Crippen LogP contribution in [0.15, 0.2) is 24.3 Å². The van der Waals surface area contributed by atoms with Gasteiger partial charge in [0.2, 0.25) is 0 Å². The number of ketones is 1. The summed E-state index contributed by atoms with van der Waals surface area (Å²) in [5.41, 5.74) is 1.83. The van der Waals surface area contributed by atoms with Crippen molar-refractivity contribution in [3.8, 4) is 0 Å². The Morgan fingerprint density at radius 3 is 2.26 bits per heavy atom. The summed E-state index contributed by atoms with van der Waals surface area (Å²) < 4.78 is 11.0. The van der Waals surface area contributed by atoms with Crippen molar-refractivity contribution in [1.82, 2.24) is 4.90 Å². The summed E-state index contributed by atoms with van der Waals surface area (Å²) in [7, 11) is 2.23. The van der Waals surface area contributed by atoms with E-state index >= 15 is 0 Å². The van der Waals surface area contributed by atoms with Crippen LogP contribution in [0.1, 0.15) is 54.3 Å². The Kier molecular flexibility index (Phi) is 4.22. The molecule has 3 saturated heterocycles. The molecule has 0 radical (unpaired) electrons. The molecular weight excluding hydrogens is 290 g/mol. The van der Waals surface area contributed by atoms with E-state index in [4.69, 9.17) is 9.47 Å². The summed E-state index contributed by atoms with van der Waals surface area (Å²) in [6, 6.07) is 9.01. The van der Waals surface area contributed by atoms with Crippen LogP contribution < -0.4 is 0 Å². The van der Waals surface area contributed by atoms with E-state index < -0.39 is 0 Å². The fourth-order valence-electron chi connectivity index (χ4n) is 4.42. The van der Waals surface area contributed by atoms with Gasteiger partial charge in [0, 0.05) is 29.1 Å². The number of rotatable bonds is 3. The molecule has 2 unspecified atom stereocenters. The zero-order valence-corrected chi connectivity index (χ0v) is 13.7. The second-order valence-electron chi connectivity index (χ2n) is 7.13. The van der Waals surface area contributed by atoms with E-state index in [0.29, 0.717) is 31.1 Å². The molecule has 1 aromatic carbocycles. The third-order valence-corrected chi connectivity index (χ3v) is 5.80. The highest BCUT2D eigenvalue weighted by molar-refractivity contribution is 5.98. The van der Waals surface area contributed by atoms with E-state index in [2.05, 4.69) is 11.9 Å². The predicted octanol–water partition coefficient (Wildman–Crippen LogP) is 3.18. The number of carbonyl (C=O) groups excluding carboxylic acids is 1. The molecule has 4 rings (SSSR count). The summed E-state index contributed by atoms with van der Waals surface area (Å²) in [4.78, 5) is 15.4. The fourth-order valence-corrected chi connectivity index (χ4v) is 4.42. The third-order valence-electron chi connectivity index (χ3n) is 5.80. The molecule has 1 aromatic rings. The lowest BCUT2D eigenvalue weighted by molar-refractivity contribution is -0.0441. The zero-order valence-electron chi connectivity index (χ0n) is 13.7. The van der Waals surface area contributed by atoms with Gasteiger partial charge in [-0.3, -0.25) is 4.79 Å². The van der Waals surface area contributed by atoms with Crippen molar-refractivity contribution in [2.45, 2.75) is 50.5 Å². The minimum atomic E-state index is -0.262. The maximum Gasteiger partial charge on any atom is 0.184 e. The van der Waals surface area contributed by atoms with Gasteiger partial charge in [-0.2, -0.15) is 0 Å². The highest BCUT2D eigenvalue weighted by atomic mass is 16.7. The Labute approximate surface area is 137 Å². The molecular formula is C19H25NO3. The first kappa shape index (κ1) is 15.3. The van der Waals surface area contributed by atoms with Gasteiger partial charge in [-0.05, 0) is 32.7 Å². The van der Waals surface area contributed by atoms with Crippen molar-refractivity contribution in [3.05, 3.63) is 35.4 Å². The van der Waals surface area contributed by atoms with Gasteiger partial charge in [-0.25, -0.2) is 0 Å². The van der Waals surface area contributed by atoms with Gasteiger partial charge < -0.3 is 14.4 Å². The average Bonchev–Trinajstić information content (AvgIpc) is 3.08. The second-order valence-corrected chi connectivity index (χ2v) is 7.13. The van der Waals surface area contributed by atoms with Gasteiger partial charge in [0.05, 0.1) is 13.2 Å². The van der Waals surface area contributed by atoms with Crippen LogP contribution in [0.25, 0.3) is 0 Å². The molecule has 3 fully saturated rings. The molecule has 23 heavy (non-hydrogen) atoms. The van der Waals surface area contributed by atoms with E-state index in [1.165, 1.54) is 19.3 Å². The van der Waals surface area contributed by atoms with Gasteiger partial charge in [-0.1, -0.05) is 30.7 Å². The smallest absolute Gasteiger partial charge is 0.184 e. The first-order valence-corrected chi connectivity index (χ1v) is 8.81. The maximum absolute atomic E-state index is 12.9. The number of hydrogen-bond acceptors (Lipinski definition) is 4. The first-order chi connectivity index (χ1) is 11.2. The standard InChI is InChI=1S/C19H25NO3/c1-20-16-3-2-4-17(20)12-15(11-16)18(21)13-5-7-14(8-6-13)19-22-9-10-23-19/h5-8,15-17,19H,2-4,9-12H2,1H3. The Morgan fingerprint density at radius 1 is 1.04 bits per heavy atom. The van der Waals surface area contributed by atoms with Crippen LogP contribution in [0.5, 0.6) is 0 Å². The van der Waals surface area contributed by atoms with Gasteiger partial charge in [0.1, 0.15) is 0 Å². The molecule has 3 aliphatic heterocycles. The topological polar surface area (TPSA) is 38.8 Å². The fraction of sp³-hybridized carbons (Fsp3) is 0.632. The normalized spacial score (nSPS) is 32.1. The molecule has 2 atom stereocenters. The number of carbonyl (C=O) groups is 1. The Morgan fingerprint density at radius 2 is 1.65 bits per heavy atom. The summed E-state index contributed by atoms with van der Waals surface area (Å²) in [5, 5.41) is 0. The van der Waals surface area contributed by atoms with Gasteiger partial charge in [0.15, 0.2) is 12.1 Å². The molecule has 3 aliphatic rings. The number of benzene rings is 1. The van der Waals surface area contributed by atoms with Gasteiger partial charge in [-0.15, -0.1) is 0 Å². The molecule has 2 bridgehead atoms. The first-order valence-electron chi connectivity index (χ1n) is 8.81. The monoisotopic (exact) mass is 315 g/mol. The van der Waals surface area contributed by atoms with Crippen molar-refractivity contribution in [2.24, 2.45) is 5.92 Å². The summed E-state index contributed by atoms with van der Waals surface area (Å²) in [5.74, 6) is 0.501. The van der Waals surface area contributed by atoms with Crippen molar-refractivity contribution in [3.63, 3.8) is 0 Å². The quantitative estimate of drug-likeness (QED) is 0.803. The van der Waals surface area contributed by atoms with Crippen molar-refractivity contribution in [1.29, 1.82) is 0 Å². The Bertz CT molecular complexity index is 550. The SMILES string of the molecule is CN1C2CCCC1CC(C(=O)c1ccc(C3OCCO3)cc1)C2. The Balaban J connectivity index is 1.46. The summed E-state index contributed by atoms with van der Waals surface area (Å²) in [6.07, 6.45) is 5.57. The third kappa shape index (κ3) is 2.95. The number of Topliss-reactive ketones (excluding diaryl/α,β-unsaturated/α-hetero) is 1. The van der Waals surface area contributed by atoms with Crippen molar-refractivity contribution >= 4 is 5.78 Å². The van der Waals surface area contributed by atoms with Gasteiger partial charge >= 0.3 is 0 Å². The number of piperidine rings is 2. The molecule has 0 aromatic heterocycles. The second kappa shape index (κ2) is 6.34. The van der Waals surface area contributed by atoms with E-state index in [-0.39, 0.29) is 12.2 Å². The summed E-state index contributed by atoms with van der Waals surface area (Å²) in [6.45, 7) is 1.29. The molecule has 4 nitrogen and oxygen atoms in total. The number of ether oxygens (including phenoxy) is 2. The van der Waals surface area contributed by atoms with Gasteiger partial charge in [0.25, 0.3) is 0 Å². The number of fused-ring (bicyclic) bond motifs is 2. The lowest BCUT2D eigenvalue weighted by atomic mass is 9.76. The largest absolute Gasteiger partial charge is 0.346 e. The highest BCUT2D eigenvalue weighted by Crippen LogP contribution is 2.37. The number of hydrogen-bond donors (Lipinski definition) is 0. The lowest BCUT2D eigenvalue weighted by Gasteiger charge is -2.46. The maximum atomic E-state index is 12.9. The van der Waals surface area contributed by atoms with Crippen LogP contribution >= 0.6 is 0 Å². The molecule has 0 aliphatic carbocycles. The summed E-state index contributed by atoms with van der Waals surface area (Å²) >= 11 is 0. The average molecular weight is 315 g/mol. The molecule has 0 saturated carbocycles. The molecule has 0 amide bonds. The Hall–Kier alpha value is -1.23. The molecule has 4 heteroatoms. The predicted molar refractivity (Wildman–Crippen MR) is 87.3 cm³/mol. The lowest BCUT2D eigenvalue weighted by Crippen LogP contribution is -2.51. The minimum absolute atomic E-state index is 0.186. The molecule has 124 valence electrons. The van der Waals surface area contributed by atoms with Crippen LogP contribution in [0.3, 0.4) is 0 Å². The van der Waals surface area contributed by atoms with Crippen LogP contribution in [0.4, 0.5) is 0 Å². The van der Waals surface area contributed by atoms with E-state index in [1.807, 2.05) is 24.3 Å². The number of nitrogens with zero attached hydrogens (tertiary/aromatic N) is 1. The van der Waals surface area contributed by atoms with E-state index in [0.717, 1.165) is 24.0 Å². The molecule has 0 N–H and O–H groups in total. The minimum Gasteiger partial charge on any atom is -0.346 e. The van der Waals surface area contributed by atoms with Crippen molar-refractivity contribution < 1.29 is 14.3 Å².